The molecule has 1 saturated heterocycles. The molecule has 16 heavy (non-hydrogen) atoms. The molecule has 0 spiro atoms. The van der Waals surface area contributed by atoms with Crippen molar-refractivity contribution < 1.29 is 14.3 Å². The summed E-state index contributed by atoms with van der Waals surface area (Å²) < 4.78 is 13.6. The maximum atomic E-state index is 13.6. The van der Waals surface area contributed by atoms with E-state index in [9.17, 15) is 9.18 Å². The van der Waals surface area contributed by atoms with Crippen LogP contribution in [0.4, 0.5) is 4.39 Å². The molecule has 1 aliphatic heterocycles. The molecule has 1 aliphatic rings. The lowest BCUT2D eigenvalue weighted by molar-refractivity contribution is -0.141. The normalized spacial score (nSPS) is 24.6. The number of nitrogens with one attached hydrogen (secondary N) is 1. The van der Waals surface area contributed by atoms with Gasteiger partial charge < -0.3 is 10.4 Å². The molecule has 0 saturated carbocycles. The Balaban J connectivity index is 2.35. The van der Waals surface area contributed by atoms with Gasteiger partial charge in [0.1, 0.15) is 5.82 Å². The zero-order valence-electron chi connectivity index (χ0n) is 8.41. The SMILES string of the molecule is O=C(O)[C@@H]1CNC[C@H]1c1cc(Cl)ccc1F. The molecule has 1 aromatic rings. The lowest BCUT2D eigenvalue weighted by atomic mass is 9.89. The Morgan fingerprint density at radius 2 is 2.25 bits per heavy atom. The van der Waals surface area contributed by atoms with Gasteiger partial charge in [-0.1, -0.05) is 11.6 Å². The third-order valence-electron chi connectivity index (χ3n) is 2.89. The summed E-state index contributed by atoms with van der Waals surface area (Å²) in [5.74, 6) is -2.25. The third-order valence-corrected chi connectivity index (χ3v) is 3.12. The van der Waals surface area contributed by atoms with Gasteiger partial charge in [-0.3, -0.25) is 4.79 Å². The fourth-order valence-electron chi connectivity index (χ4n) is 2.06. The van der Waals surface area contributed by atoms with Crippen LogP contribution in [0, 0.1) is 11.7 Å². The first-order valence-electron chi connectivity index (χ1n) is 4.98. The summed E-state index contributed by atoms with van der Waals surface area (Å²) in [5, 5.41) is 12.4. The summed E-state index contributed by atoms with van der Waals surface area (Å²) in [6, 6.07) is 4.23. The highest BCUT2D eigenvalue weighted by Crippen LogP contribution is 2.31. The Bertz CT molecular complexity index is 424. The van der Waals surface area contributed by atoms with E-state index in [4.69, 9.17) is 16.7 Å². The molecule has 2 N–H and O–H groups in total. The van der Waals surface area contributed by atoms with Crippen molar-refractivity contribution in [2.75, 3.05) is 13.1 Å². The van der Waals surface area contributed by atoms with E-state index in [-0.39, 0.29) is 5.92 Å². The van der Waals surface area contributed by atoms with Crippen LogP contribution in [0.1, 0.15) is 11.5 Å². The second kappa shape index (κ2) is 4.39. The van der Waals surface area contributed by atoms with Crippen LogP contribution in [0.2, 0.25) is 5.02 Å². The Morgan fingerprint density at radius 3 is 2.94 bits per heavy atom. The molecule has 0 aliphatic carbocycles. The minimum absolute atomic E-state index is 0.351. The zero-order valence-corrected chi connectivity index (χ0v) is 9.17. The standard InChI is InChI=1S/C11H11ClFNO2/c12-6-1-2-10(13)7(3-6)8-4-14-5-9(8)11(15)16/h1-3,8-9,14H,4-5H2,(H,15,16)/t8-,9+/m0/s1. The average molecular weight is 244 g/mol. The van der Waals surface area contributed by atoms with Crippen LogP contribution >= 0.6 is 11.6 Å². The van der Waals surface area contributed by atoms with Gasteiger partial charge in [-0.05, 0) is 23.8 Å². The lowest BCUT2D eigenvalue weighted by Crippen LogP contribution is -2.21. The monoisotopic (exact) mass is 243 g/mol. The van der Waals surface area contributed by atoms with E-state index in [1.807, 2.05) is 0 Å². The molecule has 2 rings (SSSR count). The quantitative estimate of drug-likeness (QED) is 0.834. The summed E-state index contributed by atoms with van der Waals surface area (Å²) in [6.07, 6.45) is 0. The Kier molecular flexibility index (Phi) is 3.12. The number of benzene rings is 1. The summed E-state index contributed by atoms with van der Waals surface area (Å²) in [7, 11) is 0. The molecule has 5 heteroatoms. The molecule has 0 aromatic heterocycles. The van der Waals surface area contributed by atoms with Crippen LogP contribution < -0.4 is 5.32 Å². The van der Waals surface area contributed by atoms with Gasteiger partial charge in [0.15, 0.2) is 0 Å². The molecule has 86 valence electrons. The van der Waals surface area contributed by atoms with Gasteiger partial charge in [0, 0.05) is 24.0 Å². The number of carbonyl (C=O) groups is 1. The van der Waals surface area contributed by atoms with Gasteiger partial charge >= 0.3 is 5.97 Å². The number of rotatable bonds is 2. The number of hydrogen-bond donors (Lipinski definition) is 2. The van der Waals surface area contributed by atoms with E-state index in [0.717, 1.165) is 0 Å². The summed E-state index contributed by atoms with van der Waals surface area (Å²) in [6.45, 7) is 0.834. The minimum Gasteiger partial charge on any atom is -0.481 e. The van der Waals surface area contributed by atoms with E-state index < -0.39 is 17.7 Å². The van der Waals surface area contributed by atoms with Crippen LogP contribution in [0.15, 0.2) is 18.2 Å². The van der Waals surface area contributed by atoms with Crippen LogP contribution in [0.5, 0.6) is 0 Å². The van der Waals surface area contributed by atoms with Gasteiger partial charge in [0.2, 0.25) is 0 Å². The van der Waals surface area contributed by atoms with Crippen molar-refractivity contribution in [2.24, 2.45) is 5.92 Å². The van der Waals surface area contributed by atoms with Crippen LogP contribution in [-0.2, 0) is 4.79 Å². The molecule has 0 amide bonds. The van der Waals surface area contributed by atoms with Crippen LogP contribution in [0.25, 0.3) is 0 Å². The van der Waals surface area contributed by atoms with Crippen LogP contribution in [0.3, 0.4) is 0 Å². The third kappa shape index (κ3) is 2.03. The first-order chi connectivity index (χ1) is 7.59. The van der Waals surface area contributed by atoms with Gasteiger partial charge in [-0.2, -0.15) is 0 Å². The smallest absolute Gasteiger partial charge is 0.308 e. The topological polar surface area (TPSA) is 49.3 Å². The van der Waals surface area contributed by atoms with E-state index in [0.29, 0.717) is 23.7 Å². The van der Waals surface area contributed by atoms with Gasteiger partial charge in [-0.25, -0.2) is 4.39 Å². The van der Waals surface area contributed by atoms with Crippen LogP contribution in [-0.4, -0.2) is 24.2 Å². The predicted octanol–water partition coefficient (Wildman–Crippen LogP) is 1.87. The van der Waals surface area contributed by atoms with E-state index in [1.165, 1.54) is 18.2 Å². The summed E-state index contributed by atoms with van der Waals surface area (Å²) >= 11 is 5.79. The Hall–Kier alpha value is -1.13. The molecule has 0 bridgehead atoms. The highest BCUT2D eigenvalue weighted by molar-refractivity contribution is 6.30. The molecular weight excluding hydrogens is 233 g/mol. The van der Waals surface area contributed by atoms with E-state index >= 15 is 0 Å². The summed E-state index contributed by atoms with van der Waals surface area (Å²) in [4.78, 5) is 11.0. The molecular formula is C11H11ClFNO2. The van der Waals surface area contributed by atoms with Crippen molar-refractivity contribution in [3.63, 3.8) is 0 Å². The minimum atomic E-state index is -0.908. The number of aliphatic carboxylic acids is 1. The molecule has 2 atom stereocenters. The maximum absolute atomic E-state index is 13.6. The zero-order chi connectivity index (χ0) is 11.7. The van der Waals surface area contributed by atoms with E-state index in [2.05, 4.69) is 5.32 Å². The molecule has 1 aromatic carbocycles. The molecule has 1 fully saturated rings. The van der Waals surface area contributed by atoms with Crippen molar-refractivity contribution in [1.29, 1.82) is 0 Å². The molecule has 0 unspecified atom stereocenters. The fraction of sp³-hybridized carbons (Fsp3) is 0.364. The number of carboxylic acids is 1. The lowest BCUT2D eigenvalue weighted by Gasteiger charge is -2.15. The van der Waals surface area contributed by atoms with Crippen molar-refractivity contribution in [3.05, 3.63) is 34.6 Å². The van der Waals surface area contributed by atoms with Gasteiger partial charge in [-0.15, -0.1) is 0 Å². The van der Waals surface area contributed by atoms with E-state index in [1.54, 1.807) is 0 Å². The molecule has 0 radical (unpaired) electrons. The maximum Gasteiger partial charge on any atom is 0.308 e. The first-order valence-corrected chi connectivity index (χ1v) is 5.36. The average Bonchev–Trinajstić information content (AvgIpc) is 2.70. The van der Waals surface area contributed by atoms with Crippen molar-refractivity contribution in [1.82, 2.24) is 5.32 Å². The first kappa shape index (κ1) is 11.4. The second-order valence-electron chi connectivity index (χ2n) is 3.88. The number of halogens is 2. The Labute approximate surface area is 97.2 Å². The molecule has 3 nitrogen and oxygen atoms in total. The largest absolute Gasteiger partial charge is 0.481 e. The highest BCUT2D eigenvalue weighted by atomic mass is 35.5. The van der Waals surface area contributed by atoms with Gasteiger partial charge in [0.25, 0.3) is 0 Å². The highest BCUT2D eigenvalue weighted by Gasteiger charge is 2.35. The fourth-order valence-corrected chi connectivity index (χ4v) is 2.24. The second-order valence-corrected chi connectivity index (χ2v) is 4.31. The predicted molar refractivity (Wildman–Crippen MR) is 58.1 cm³/mol. The van der Waals surface area contributed by atoms with Crippen molar-refractivity contribution in [3.8, 4) is 0 Å². The Morgan fingerprint density at radius 1 is 1.50 bits per heavy atom. The van der Waals surface area contributed by atoms with Crippen molar-refractivity contribution >= 4 is 17.6 Å². The molecule has 1 heterocycles. The number of carboxylic acid groups (broad SMARTS) is 1. The van der Waals surface area contributed by atoms with Crippen molar-refractivity contribution in [2.45, 2.75) is 5.92 Å². The summed E-state index contributed by atoms with van der Waals surface area (Å²) in [5.41, 5.74) is 0.380. The van der Waals surface area contributed by atoms with Gasteiger partial charge in [0.05, 0.1) is 5.92 Å². The number of hydrogen-bond acceptors (Lipinski definition) is 2.